The van der Waals surface area contributed by atoms with Crippen molar-refractivity contribution in [2.24, 2.45) is 11.8 Å². The number of nitrogens with one attached hydrogen (secondary N) is 2. The Hall–Kier alpha value is -1.42. The van der Waals surface area contributed by atoms with Crippen molar-refractivity contribution in [3.05, 3.63) is 40.6 Å². The molecular formula is C34H67FN4O2S2. The van der Waals surface area contributed by atoms with Crippen molar-refractivity contribution in [2.75, 3.05) is 51.2 Å². The molecule has 1 aliphatic carbocycles. The van der Waals surface area contributed by atoms with Crippen LogP contribution in [0, 0.1) is 25.7 Å². The maximum absolute atomic E-state index is 11.5. The summed E-state index contributed by atoms with van der Waals surface area (Å²) in [7, 11) is 1.78. The zero-order valence-electron chi connectivity index (χ0n) is 27.9. The number of nitrogens with zero attached hydrogens (tertiary/aromatic N) is 2. The fourth-order valence-corrected chi connectivity index (χ4v) is 6.02. The van der Waals surface area contributed by atoms with E-state index < -0.39 is 0 Å². The predicted molar refractivity (Wildman–Crippen MR) is 196 cm³/mol. The van der Waals surface area contributed by atoms with E-state index in [9.17, 15) is 4.79 Å². The average molecular weight is 647 g/mol. The number of carbonyl (C=O) groups excluding carboxylic acids is 1. The largest absolute Gasteiger partial charge is 0.388 e. The molecule has 1 unspecified atom stereocenters. The van der Waals surface area contributed by atoms with Crippen LogP contribution < -0.4 is 15.5 Å². The van der Waals surface area contributed by atoms with Crippen LogP contribution in [0.5, 0.6) is 0 Å². The van der Waals surface area contributed by atoms with Gasteiger partial charge in [0.2, 0.25) is 5.91 Å². The van der Waals surface area contributed by atoms with E-state index in [1.807, 2.05) is 32.6 Å². The molecule has 2 N–H and O–H groups in total. The number of hydrogen-bond acceptors (Lipinski definition) is 5. The van der Waals surface area contributed by atoms with Gasteiger partial charge in [-0.2, -0.15) is 27.0 Å². The van der Waals surface area contributed by atoms with Crippen molar-refractivity contribution >= 4 is 38.6 Å². The van der Waals surface area contributed by atoms with Crippen molar-refractivity contribution < 1.29 is 14.2 Å². The minimum Gasteiger partial charge on any atom is -0.388 e. The standard InChI is InChI=1S/C22H34N2.C9H18N2O2.C2H6.CH4.FH.2H2S/c1-16-7-6-10-22(19(16)4)24-13-11-20(12-14-24)18(3)15-23-21-9-5-8-17(21)2;1-7-5-11(6-8(2)13-7)9(12)4-10-3;1-2;;;;/h6-7,10,18,20,23H,5,8-9,11-15H2,1-4H3;7-8,10H,4-6H2,1-3H3;1-2H3;1H4;1H;2*1H2/t;7-,8+;;;;;. The Balaban J connectivity index is -0.000000730. The van der Waals surface area contributed by atoms with Crippen molar-refractivity contribution in [3.8, 4) is 0 Å². The van der Waals surface area contributed by atoms with Crippen LogP contribution >= 0.6 is 27.0 Å². The van der Waals surface area contributed by atoms with Gasteiger partial charge in [-0.15, -0.1) is 0 Å². The van der Waals surface area contributed by atoms with E-state index >= 15 is 0 Å². The molecule has 4 rings (SSSR count). The number of morpholine rings is 1. The third-order valence-corrected chi connectivity index (χ3v) is 8.49. The van der Waals surface area contributed by atoms with E-state index in [1.54, 1.807) is 12.6 Å². The first-order valence-electron chi connectivity index (χ1n) is 15.5. The van der Waals surface area contributed by atoms with Gasteiger partial charge in [-0.05, 0) is 103 Å². The first-order valence-corrected chi connectivity index (χ1v) is 15.5. The van der Waals surface area contributed by atoms with Gasteiger partial charge in [0, 0.05) is 44.1 Å². The second-order valence-electron chi connectivity index (χ2n) is 11.6. The molecule has 3 aliphatic rings. The summed E-state index contributed by atoms with van der Waals surface area (Å²) in [5, 5.41) is 6.62. The fraction of sp³-hybridized carbons (Fsp3) is 0.735. The van der Waals surface area contributed by atoms with Gasteiger partial charge in [0.15, 0.2) is 0 Å². The summed E-state index contributed by atoms with van der Waals surface area (Å²) in [6.07, 6.45) is 6.88. The minimum atomic E-state index is 0. The Bertz CT molecular complexity index is 916. The highest BCUT2D eigenvalue weighted by molar-refractivity contribution is 7.59. The van der Waals surface area contributed by atoms with E-state index in [1.165, 1.54) is 67.7 Å². The molecule has 9 heteroatoms. The number of allylic oxidation sites excluding steroid dienone is 2. The molecule has 2 aliphatic heterocycles. The number of carbonyl (C=O) groups is 1. The third kappa shape index (κ3) is 14.5. The number of anilines is 1. The van der Waals surface area contributed by atoms with Crippen molar-refractivity contribution in [1.29, 1.82) is 0 Å². The van der Waals surface area contributed by atoms with Crippen LogP contribution in [0.3, 0.4) is 0 Å². The fourth-order valence-electron chi connectivity index (χ4n) is 6.02. The number of halogens is 1. The Labute approximate surface area is 278 Å². The lowest BCUT2D eigenvalue weighted by atomic mass is 9.85. The molecule has 0 radical (unpaired) electrons. The van der Waals surface area contributed by atoms with E-state index in [-0.39, 0.29) is 57.2 Å². The van der Waals surface area contributed by atoms with E-state index in [0.29, 0.717) is 19.6 Å². The maximum Gasteiger partial charge on any atom is 0.236 e. The molecule has 2 fully saturated rings. The maximum atomic E-state index is 11.5. The highest BCUT2D eigenvalue weighted by atomic mass is 32.1. The van der Waals surface area contributed by atoms with E-state index in [2.05, 4.69) is 61.4 Å². The normalized spacial score (nSPS) is 20.4. The van der Waals surface area contributed by atoms with Crippen molar-refractivity contribution in [2.45, 2.75) is 107 Å². The number of likely N-dealkylation sites (N-methyl/N-ethyl adjacent to an activating group) is 1. The number of benzene rings is 1. The quantitative estimate of drug-likeness (QED) is 0.332. The van der Waals surface area contributed by atoms with Gasteiger partial charge in [0.05, 0.1) is 18.8 Å². The molecule has 2 saturated heterocycles. The summed E-state index contributed by atoms with van der Waals surface area (Å²) in [5.41, 5.74) is 7.44. The SMILES string of the molecule is C.CC.CC1=C(NCC(C)C2CCN(c3cccc(C)c3C)CC2)CCC1.CNCC(=O)N1C[C@@H](C)O[C@@H](C)C1.F.S.S. The van der Waals surface area contributed by atoms with Crippen LogP contribution in [0.25, 0.3) is 0 Å². The molecule has 3 atom stereocenters. The molecule has 0 saturated carbocycles. The summed E-state index contributed by atoms with van der Waals surface area (Å²) in [6.45, 7) is 22.6. The first-order chi connectivity index (χ1) is 18.7. The van der Waals surface area contributed by atoms with Gasteiger partial charge in [-0.3, -0.25) is 9.50 Å². The summed E-state index contributed by atoms with van der Waals surface area (Å²) in [4.78, 5) is 16.0. The lowest BCUT2D eigenvalue weighted by molar-refractivity contribution is -0.142. The van der Waals surface area contributed by atoms with E-state index in [0.717, 1.165) is 18.4 Å². The van der Waals surface area contributed by atoms with Gasteiger partial charge >= 0.3 is 0 Å². The van der Waals surface area contributed by atoms with Crippen LogP contribution in [0.4, 0.5) is 10.4 Å². The average Bonchev–Trinajstić information content (AvgIpc) is 3.34. The number of hydrogen-bond donors (Lipinski definition) is 2. The molecule has 1 aromatic rings. The summed E-state index contributed by atoms with van der Waals surface area (Å²) >= 11 is 0. The molecule has 0 spiro atoms. The zero-order valence-corrected chi connectivity index (χ0v) is 29.9. The highest BCUT2D eigenvalue weighted by Crippen LogP contribution is 2.31. The Morgan fingerprint density at radius 1 is 1.02 bits per heavy atom. The van der Waals surface area contributed by atoms with Gasteiger partial charge in [-0.25, -0.2) is 0 Å². The number of ether oxygens (including phenoxy) is 1. The molecule has 6 nitrogen and oxygen atoms in total. The lowest BCUT2D eigenvalue weighted by Gasteiger charge is -2.37. The zero-order chi connectivity index (χ0) is 28.9. The Morgan fingerprint density at radius 2 is 1.60 bits per heavy atom. The third-order valence-electron chi connectivity index (χ3n) is 8.49. The summed E-state index contributed by atoms with van der Waals surface area (Å²) in [5.74, 6) is 1.79. The molecule has 0 bridgehead atoms. The van der Waals surface area contributed by atoms with Gasteiger partial charge in [-0.1, -0.05) is 45.9 Å². The summed E-state index contributed by atoms with van der Waals surface area (Å²) < 4.78 is 5.53. The summed E-state index contributed by atoms with van der Waals surface area (Å²) in [6, 6.07) is 6.72. The molecular weight excluding hydrogens is 580 g/mol. The van der Waals surface area contributed by atoms with Crippen molar-refractivity contribution in [1.82, 2.24) is 15.5 Å². The first kappa shape index (κ1) is 46.0. The minimum absolute atomic E-state index is 0. The van der Waals surface area contributed by atoms with Gasteiger partial charge in [0.1, 0.15) is 0 Å². The topological polar surface area (TPSA) is 56.8 Å². The van der Waals surface area contributed by atoms with Crippen LogP contribution in [-0.4, -0.2) is 69.3 Å². The molecule has 2 heterocycles. The highest BCUT2D eigenvalue weighted by Gasteiger charge is 2.26. The Morgan fingerprint density at radius 3 is 2.12 bits per heavy atom. The van der Waals surface area contributed by atoms with Crippen molar-refractivity contribution in [3.63, 3.8) is 0 Å². The van der Waals surface area contributed by atoms with Crippen LogP contribution in [-0.2, 0) is 9.53 Å². The molecule has 43 heavy (non-hydrogen) atoms. The number of amides is 1. The van der Waals surface area contributed by atoms with Gasteiger partial charge < -0.3 is 25.2 Å². The predicted octanol–water partition coefficient (Wildman–Crippen LogP) is 7.09. The number of piperidine rings is 1. The van der Waals surface area contributed by atoms with Crippen LogP contribution in [0.2, 0.25) is 0 Å². The monoisotopic (exact) mass is 646 g/mol. The Kier molecular flexibility index (Phi) is 25.6. The number of aryl methyl sites for hydroxylation is 1. The van der Waals surface area contributed by atoms with Crippen LogP contribution in [0.15, 0.2) is 29.5 Å². The van der Waals surface area contributed by atoms with Gasteiger partial charge in [0.25, 0.3) is 0 Å². The molecule has 1 aromatic carbocycles. The molecule has 1 amide bonds. The second-order valence-corrected chi connectivity index (χ2v) is 11.6. The smallest absolute Gasteiger partial charge is 0.236 e. The molecule has 254 valence electrons. The lowest BCUT2D eigenvalue weighted by Crippen LogP contribution is -2.50. The molecule has 0 aromatic heterocycles. The number of rotatable bonds is 7. The second kappa shape index (κ2) is 23.9. The van der Waals surface area contributed by atoms with E-state index in [4.69, 9.17) is 4.74 Å². The van der Waals surface area contributed by atoms with Crippen LogP contribution in [0.1, 0.15) is 92.2 Å².